The van der Waals surface area contributed by atoms with Gasteiger partial charge in [0.2, 0.25) is 0 Å². The molecule has 314 valence electrons. The first-order valence-electron chi connectivity index (χ1n) is 24.7. The van der Waals surface area contributed by atoms with Crippen LogP contribution in [-0.4, -0.2) is 70.0 Å². The van der Waals surface area contributed by atoms with Crippen molar-refractivity contribution < 1.29 is 54.4 Å². The summed E-state index contributed by atoms with van der Waals surface area (Å²) >= 11 is 0. The Morgan fingerprint density at radius 3 is 1.80 bits per heavy atom. The van der Waals surface area contributed by atoms with E-state index in [1.54, 1.807) is 0 Å². The van der Waals surface area contributed by atoms with Crippen LogP contribution >= 0.6 is 7.82 Å². The first-order valence-corrected chi connectivity index (χ1v) is 21.7. The van der Waals surface area contributed by atoms with Crippen molar-refractivity contribution in [2.24, 2.45) is 0 Å². The second-order valence-electron chi connectivity index (χ2n) is 14.5. The van der Waals surface area contributed by atoms with E-state index >= 15 is 0 Å². The van der Waals surface area contributed by atoms with Crippen molar-refractivity contribution in [2.45, 2.75) is 174 Å². The fourth-order valence-electron chi connectivity index (χ4n) is 5.01. The predicted molar refractivity (Wildman–Crippen MR) is 222 cm³/mol. The Kier molecular flexibility index (Phi) is 25.4. The Labute approximate surface area is 343 Å². The lowest BCUT2D eigenvalue weighted by Crippen LogP contribution is -2.37. The van der Waals surface area contributed by atoms with Gasteiger partial charge >= 0.3 is 11.9 Å². The highest BCUT2D eigenvalue weighted by atomic mass is 31.2. The Balaban J connectivity index is 4.62. The van der Waals surface area contributed by atoms with E-state index < -0.39 is 58.4 Å². The molecule has 0 radical (unpaired) electrons. The summed E-state index contributed by atoms with van der Waals surface area (Å²) < 4.78 is 103. The maximum atomic E-state index is 12.7. The number of likely N-dealkylation sites (N-methyl/N-ethyl adjacent to an activating group) is 1. The SMILES string of the molecule is [2H]C([2H])([2H])C([2H])([2H])C([2H])([2H])C([2H])([2H])CCCCCCCCCCCC(=O)OC[C@H](COP(=O)([O-])OCC[N+](C)(C)C)OC(=O)CCC/C=C/C/C=C/C/C=C/C/C=C/CCCCC. The fraction of sp³-hybridized carbons (Fsp3) is 0.773. The third-order valence-electron chi connectivity index (χ3n) is 8.20. The van der Waals surface area contributed by atoms with Crippen molar-refractivity contribution in [1.29, 1.82) is 0 Å². The van der Waals surface area contributed by atoms with Crippen LogP contribution in [0.5, 0.6) is 0 Å². The quantitative estimate of drug-likeness (QED) is 0.0200. The van der Waals surface area contributed by atoms with Gasteiger partial charge < -0.3 is 27.9 Å². The van der Waals surface area contributed by atoms with Gasteiger partial charge in [-0.3, -0.25) is 14.2 Å². The summed E-state index contributed by atoms with van der Waals surface area (Å²) in [7, 11) is 0.943. The van der Waals surface area contributed by atoms with Crippen LogP contribution in [0.1, 0.15) is 180 Å². The van der Waals surface area contributed by atoms with Crippen molar-refractivity contribution >= 4 is 19.8 Å². The lowest BCUT2D eigenvalue weighted by Gasteiger charge is -2.28. The highest BCUT2D eigenvalue weighted by Crippen LogP contribution is 2.38. The average molecular weight is 791 g/mol. The number of phosphoric acid groups is 1. The van der Waals surface area contributed by atoms with E-state index in [2.05, 4.69) is 43.4 Å². The molecule has 0 spiro atoms. The van der Waals surface area contributed by atoms with E-state index in [0.717, 1.165) is 64.2 Å². The van der Waals surface area contributed by atoms with Crippen LogP contribution in [0.4, 0.5) is 0 Å². The smallest absolute Gasteiger partial charge is 0.306 e. The van der Waals surface area contributed by atoms with Gasteiger partial charge in [-0.05, 0) is 51.4 Å². The number of allylic oxidation sites excluding steroid dienone is 8. The molecule has 0 aliphatic heterocycles. The molecule has 0 rings (SSSR count). The maximum Gasteiger partial charge on any atom is 0.306 e. The molecule has 2 atom stereocenters. The van der Waals surface area contributed by atoms with Gasteiger partial charge in [0.15, 0.2) is 6.10 Å². The lowest BCUT2D eigenvalue weighted by molar-refractivity contribution is -0.870. The molecule has 0 saturated carbocycles. The Morgan fingerprint density at radius 2 is 1.22 bits per heavy atom. The standard InChI is InChI=1S/C44H80NO8P/c1-6-8-10-12-14-16-18-20-21-22-23-25-27-29-31-33-35-37-44(47)53-42(41-52-54(48,49)51-39-38-45(3,4)5)40-50-43(46)36-34-32-30-28-26-24-19-17-15-13-11-9-7-2/h14,16,20-21,23,25,29,31,42H,6-13,15,17-19,22,24,26-28,30,32-41H2,1-5H3/b16-14+,21-20+,25-23+,31-29+/t42-/m1/s1/i2D3,7D2,9D2,11D2. The second-order valence-corrected chi connectivity index (χ2v) is 15.9. The number of hydrogen-bond acceptors (Lipinski definition) is 8. The Morgan fingerprint density at radius 1 is 0.685 bits per heavy atom. The summed E-state index contributed by atoms with van der Waals surface area (Å²) in [6, 6.07) is 0. The predicted octanol–water partition coefficient (Wildman–Crippen LogP) is 11.3. The highest BCUT2D eigenvalue weighted by Gasteiger charge is 2.21. The zero-order valence-corrected chi connectivity index (χ0v) is 34.9. The highest BCUT2D eigenvalue weighted by molar-refractivity contribution is 7.45. The molecule has 0 aromatic carbocycles. The zero-order chi connectivity index (χ0) is 47.9. The molecule has 0 aromatic heterocycles. The number of phosphoric ester groups is 1. The maximum absolute atomic E-state index is 12.7. The van der Waals surface area contributed by atoms with Crippen LogP contribution < -0.4 is 4.89 Å². The average Bonchev–Trinajstić information content (AvgIpc) is 3.17. The van der Waals surface area contributed by atoms with E-state index in [0.29, 0.717) is 43.1 Å². The third kappa shape index (κ3) is 39.7. The number of nitrogens with zero attached hydrogens (tertiary/aromatic N) is 1. The molecule has 0 fully saturated rings. The van der Waals surface area contributed by atoms with Crippen LogP contribution in [0.2, 0.25) is 0 Å². The van der Waals surface area contributed by atoms with Gasteiger partial charge in [0.25, 0.3) is 7.82 Å². The minimum atomic E-state index is -4.71. The fourth-order valence-corrected chi connectivity index (χ4v) is 5.74. The number of esters is 2. The van der Waals surface area contributed by atoms with Crippen LogP contribution in [-0.2, 0) is 32.7 Å². The Bertz CT molecular complexity index is 1420. The monoisotopic (exact) mass is 791 g/mol. The van der Waals surface area contributed by atoms with E-state index in [9.17, 15) is 19.0 Å². The van der Waals surface area contributed by atoms with Crippen molar-refractivity contribution in [3.05, 3.63) is 48.6 Å². The molecule has 0 aliphatic rings. The van der Waals surface area contributed by atoms with E-state index in [4.69, 9.17) is 30.9 Å². The van der Waals surface area contributed by atoms with Crippen molar-refractivity contribution in [3.8, 4) is 0 Å². The minimum Gasteiger partial charge on any atom is -0.756 e. The van der Waals surface area contributed by atoms with Crippen molar-refractivity contribution in [1.82, 2.24) is 0 Å². The number of rotatable bonds is 38. The topological polar surface area (TPSA) is 111 Å². The molecule has 1 unspecified atom stereocenters. The van der Waals surface area contributed by atoms with Crippen LogP contribution in [0, 0.1) is 0 Å². The van der Waals surface area contributed by atoms with E-state index in [-0.39, 0.29) is 32.5 Å². The first kappa shape index (κ1) is 37.5. The molecular weight excluding hydrogens is 701 g/mol. The number of unbranched alkanes of at least 4 members (excludes halogenated alkanes) is 12. The van der Waals surface area contributed by atoms with Gasteiger partial charge in [0.1, 0.15) is 19.8 Å². The van der Waals surface area contributed by atoms with Crippen LogP contribution in [0.3, 0.4) is 0 Å². The van der Waals surface area contributed by atoms with Gasteiger partial charge in [-0.1, -0.05) is 152 Å². The number of carbonyl (C=O) groups is 2. The number of carbonyl (C=O) groups excluding carboxylic acids is 2. The zero-order valence-electron chi connectivity index (χ0n) is 43.0. The first-order chi connectivity index (χ1) is 29.4. The number of hydrogen-bond donors (Lipinski definition) is 0. The van der Waals surface area contributed by atoms with Crippen LogP contribution in [0.15, 0.2) is 48.6 Å². The summed E-state index contributed by atoms with van der Waals surface area (Å²) in [5, 5.41) is 0. The molecule has 0 N–H and O–H groups in total. The molecule has 0 aromatic rings. The van der Waals surface area contributed by atoms with Gasteiger partial charge in [-0.2, -0.15) is 0 Å². The molecule has 0 bridgehead atoms. The largest absolute Gasteiger partial charge is 0.756 e. The summed E-state index contributed by atoms with van der Waals surface area (Å²) in [4.78, 5) is 37.6. The van der Waals surface area contributed by atoms with Crippen molar-refractivity contribution in [3.63, 3.8) is 0 Å². The van der Waals surface area contributed by atoms with Gasteiger partial charge in [0, 0.05) is 25.2 Å². The molecule has 0 amide bonds. The lowest BCUT2D eigenvalue weighted by atomic mass is 10.0. The summed E-state index contributed by atoms with van der Waals surface area (Å²) in [5.41, 5.74) is 0. The second kappa shape index (κ2) is 36.6. The van der Waals surface area contributed by atoms with Crippen LogP contribution in [0.25, 0.3) is 0 Å². The van der Waals surface area contributed by atoms with Crippen molar-refractivity contribution in [2.75, 3.05) is 47.5 Å². The van der Waals surface area contributed by atoms with E-state index in [1.165, 1.54) is 19.3 Å². The molecule has 54 heavy (non-hydrogen) atoms. The third-order valence-corrected chi connectivity index (χ3v) is 9.17. The van der Waals surface area contributed by atoms with Gasteiger partial charge in [0.05, 0.1) is 27.7 Å². The van der Waals surface area contributed by atoms with Gasteiger partial charge in [-0.25, -0.2) is 0 Å². The molecule has 9 nitrogen and oxygen atoms in total. The molecule has 0 aliphatic carbocycles. The van der Waals surface area contributed by atoms with Gasteiger partial charge in [-0.15, -0.1) is 0 Å². The molecule has 0 heterocycles. The molecular formula is C44H80NO8P. The molecule has 0 saturated heterocycles. The molecule has 10 heteroatoms. The normalized spacial score (nSPS) is 17.6. The number of quaternary nitrogens is 1. The summed E-state index contributed by atoms with van der Waals surface area (Å²) in [6.07, 6.45) is 21.8. The number of ether oxygens (including phenoxy) is 2. The minimum absolute atomic E-state index is 0.0850. The Hall–Kier alpha value is -2.03. The summed E-state index contributed by atoms with van der Waals surface area (Å²) in [6.45, 7) is -1.71. The summed E-state index contributed by atoms with van der Waals surface area (Å²) in [5.74, 6) is -1.08. The van der Waals surface area contributed by atoms with E-state index in [1.807, 2.05) is 33.3 Å².